The van der Waals surface area contributed by atoms with E-state index in [0.717, 1.165) is 25.7 Å². The summed E-state index contributed by atoms with van der Waals surface area (Å²) >= 11 is 0. The van der Waals surface area contributed by atoms with Gasteiger partial charge in [-0.05, 0) is 58.3 Å². The first-order chi connectivity index (χ1) is 12.9. The van der Waals surface area contributed by atoms with Crippen molar-refractivity contribution in [3.8, 4) is 0 Å². The van der Waals surface area contributed by atoms with Crippen molar-refractivity contribution in [2.24, 2.45) is 11.8 Å². The fourth-order valence-corrected chi connectivity index (χ4v) is 4.50. The van der Waals surface area contributed by atoms with Gasteiger partial charge in [0.1, 0.15) is 0 Å². The van der Waals surface area contributed by atoms with Gasteiger partial charge in [0.05, 0.1) is 6.42 Å². The van der Waals surface area contributed by atoms with E-state index in [-0.39, 0.29) is 42.8 Å². The van der Waals surface area contributed by atoms with Crippen LogP contribution in [0, 0.1) is 11.8 Å². The summed E-state index contributed by atoms with van der Waals surface area (Å²) in [7, 11) is 0. The SMILES string of the molecule is CC(C)N(CCC(=O)O)C(=O)C1CCC(NC(=O)CC2CCCCC2)CC1. The summed E-state index contributed by atoms with van der Waals surface area (Å²) in [6.07, 6.45) is 9.98. The molecule has 0 atom stereocenters. The van der Waals surface area contributed by atoms with Crippen molar-refractivity contribution in [3.05, 3.63) is 0 Å². The van der Waals surface area contributed by atoms with E-state index < -0.39 is 5.97 Å². The van der Waals surface area contributed by atoms with E-state index >= 15 is 0 Å². The maximum Gasteiger partial charge on any atom is 0.305 e. The molecule has 0 saturated heterocycles. The molecular formula is C21H36N2O4. The monoisotopic (exact) mass is 380 g/mol. The Morgan fingerprint density at radius 2 is 1.63 bits per heavy atom. The molecule has 0 radical (unpaired) electrons. The van der Waals surface area contributed by atoms with Crippen LogP contribution >= 0.6 is 0 Å². The van der Waals surface area contributed by atoms with Crippen LogP contribution < -0.4 is 5.32 Å². The number of aliphatic carboxylic acids is 1. The fraction of sp³-hybridized carbons (Fsp3) is 0.857. The van der Waals surface area contributed by atoms with Crippen LogP contribution in [0.1, 0.15) is 84.5 Å². The van der Waals surface area contributed by atoms with Crippen LogP contribution in [0.5, 0.6) is 0 Å². The molecule has 2 saturated carbocycles. The highest BCUT2D eigenvalue weighted by molar-refractivity contribution is 5.80. The molecule has 27 heavy (non-hydrogen) atoms. The Hall–Kier alpha value is -1.59. The molecule has 0 unspecified atom stereocenters. The standard InChI is InChI=1S/C21H36N2O4/c1-15(2)23(13-12-20(25)26)21(27)17-8-10-18(11-9-17)22-19(24)14-16-6-4-3-5-7-16/h15-18H,3-14H2,1-2H3,(H,22,24)(H,25,26). The average Bonchev–Trinajstić information content (AvgIpc) is 2.62. The summed E-state index contributed by atoms with van der Waals surface area (Å²) in [5.74, 6) is -0.142. The molecule has 6 heteroatoms. The number of carboxylic acid groups (broad SMARTS) is 1. The van der Waals surface area contributed by atoms with Gasteiger partial charge in [-0.3, -0.25) is 14.4 Å². The molecule has 0 bridgehead atoms. The van der Waals surface area contributed by atoms with Gasteiger partial charge in [-0.1, -0.05) is 19.3 Å². The second-order valence-electron chi connectivity index (χ2n) is 8.59. The van der Waals surface area contributed by atoms with Gasteiger partial charge < -0.3 is 15.3 Å². The number of carbonyl (C=O) groups excluding carboxylic acids is 2. The quantitative estimate of drug-likeness (QED) is 0.676. The van der Waals surface area contributed by atoms with E-state index in [0.29, 0.717) is 12.3 Å². The zero-order chi connectivity index (χ0) is 19.8. The van der Waals surface area contributed by atoms with Crippen molar-refractivity contribution in [1.82, 2.24) is 10.2 Å². The highest BCUT2D eigenvalue weighted by Gasteiger charge is 2.31. The lowest BCUT2D eigenvalue weighted by atomic mass is 9.84. The predicted molar refractivity (Wildman–Crippen MR) is 104 cm³/mol. The third-order valence-electron chi connectivity index (χ3n) is 6.11. The number of nitrogens with one attached hydrogen (secondary N) is 1. The molecular weight excluding hydrogens is 344 g/mol. The third kappa shape index (κ3) is 7.15. The molecule has 0 aromatic carbocycles. The molecule has 2 aliphatic carbocycles. The Labute approximate surface area is 163 Å². The van der Waals surface area contributed by atoms with Crippen LogP contribution in [0.15, 0.2) is 0 Å². The fourth-order valence-electron chi connectivity index (χ4n) is 4.50. The maximum absolute atomic E-state index is 12.8. The Balaban J connectivity index is 1.75. The van der Waals surface area contributed by atoms with Crippen LogP contribution in [-0.2, 0) is 14.4 Å². The van der Waals surface area contributed by atoms with Crippen molar-refractivity contribution in [1.29, 1.82) is 0 Å². The normalized spacial score (nSPS) is 23.8. The van der Waals surface area contributed by atoms with Gasteiger partial charge in [-0.2, -0.15) is 0 Å². The van der Waals surface area contributed by atoms with Crippen LogP contribution in [0.2, 0.25) is 0 Å². The number of carbonyl (C=O) groups is 3. The minimum Gasteiger partial charge on any atom is -0.481 e. The molecule has 0 spiro atoms. The zero-order valence-electron chi connectivity index (χ0n) is 16.9. The summed E-state index contributed by atoms with van der Waals surface area (Å²) in [4.78, 5) is 37.6. The summed E-state index contributed by atoms with van der Waals surface area (Å²) < 4.78 is 0. The van der Waals surface area contributed by atoms with Crippen molar-refractivity contribution >= 4 is 17.8 Å². The second-order valence-corrected chi connectivity index (χ2v) is 8.59. The van der Waals surface area contributed by atoms with Crippen molar-refractivity contribution in [2.45, 2.75) is 96.6 Å². The van der Waals surface area contributed by atoms with Gasteiger partial charge >= 0.3 is 5.97 Å². The minimum atomic E-state index is -0.877. The number of rotatable bonds is 8. The van der Waals surface area contributed by atoms with Gasteiger partial charge in [-0.25, -0.2) is 0 Å². The largest absolute Gasteiger partial charge is 0.481 e. The minimum absolute atomic E-state index is 0.00442. The van der Waals surface area contributed by atoms with E-state index in [1.54, 1.807) is 4.90 Å². The summed E-state index contributed by atoms with van der Waals surface area (Å²) in [6, 6.07) is 0.182. The first-order valence-electron chi connectivity index (χ1n) is 10.7. The lowest BCUT2D eigenvalue weighted by Gasteiger charge is -2.34. The predicted octanol–water partition coefficient (Wildman–Crippen LogP) is 3.34. The van der Waals surface area contributed by atoms with E-state index in [1.807, 2.05) is 13.8 Å². The van der Waals surface area contributed by atoms with Crippen molar-refractivity contribution in [3.63, 3.8) is 0 Å². The third-order valence-corrected chi connectivity index (χ3v) is 6.11. The Morgan fingerprint density at radius 1 is 1.00 bits per heavy atom. The lowest BCUT2D eigenvalue weighted by molar-refractivity contribution is -0.141. The first-order valence-corrected chi connectivity index (χ1v) is 10.7. The average molecular weight is 381 g/mol. The van der Waals surface area contributed by atoms with Gasteiger partial charge in [0, 0.05) is 31.0 Å². The number of amides is 2. The van der Waals surface area contributed by atoms with Gasteiger partial charge in [0.25, 0.3) is 0 Å². The highest BCUT2D eigenvalue weighted by atomic mass is 16.4. The Morgan fingerprint density at radius 3 is 2.19 bits per heavy atom. The molecule has 2 amide bonds. The molecule has 2 rings (SSSR count). The van der Waals surface area contributed by atoms with Crippen LogP contribution in [0.4, 0.5) is 0 Å². The summed E-state index contributed by atoms with van der Waals surface area (Å²) in [5.41, 5.74) is 0. The van der Waals surface area contributed by atoms with Gasteiger partial charge in [0.2, 0.25) is 11.8 Å². The molecule has 6 nitrogen and oxygen atoms in total. The zero-order valence-corrected chi connectivity index (χ0v) is 16.9. The number of hydrogen-bond donors (Lipinski definition) is 2. The molecule has 2 N–H and O–H groups in total. The van der Waals surface area contributed by atoms with Crippen LogP contribution in [0.25, 0.3) is 0 Å². The van der Waals surface area contributed by atoms with E-state index in [9.17, 15) is 14.4 Å². The molecule has 0 aromatic heterocycles. The topological polar surface area (TPSA) is 86.7 Å². The van der Waals surface area contributed by atoms with Crippen LogP contribution in [-0.4, -0.2) is 46.4 Å². The molecule has 2 fully saturated rings. The smallest absolute Gasteiger partial charge is 0.305 e. The number of nitrogens with zero attached hydrogens (tertiary/aromatic N) is 1. The van der Waals surface area contributed by atoms with E-state index in [4.69, 9.17) is 5.11 Å². The summed E-state index contributed by atoms with van der Waals surface area (Å²) in [5, 5.41) is 12.1. The summed E-state index contributed by atoms with van der Waals surface area (Å²) in [6.45, 7) is 4.12. The molecule has 0 heterocycles. The first kappa shape index (κ1) is 21.7. The van der Waals surface area contributed by atoms with Gasteiger partial charge in [0.15, 0.2) is 0 Å². The lowest BCUT2D eigenvalue weighted by Crippen LogP contribution is -2.45. The number of hydrogen-bond acceptors (Lipinski definition) is 3. The van der Waals surface area contributed by atoms with Crippen molar-refractivity contribution < 1.29 is 19.5 Å². The van der Waals surface area contributed by atoms with Crippen molar-refractivity contribution in [2.75, 3.05) is 6.54 Å². The molecule has 154 valence electrons. The Bertz CT molecular complexity index is 506. The Kier molecular flexibility index (Phi) is 8.58. The molecule has 2 aliphatic rings. The van der Waals surface area contributed by atoms with E-state index in [1.165, 1.54) is 32.1 Å². The number of carboxylic acids is 1. The molecule has 0 aromatic rings. The highest BCUT2D eigenvalue weighted by Crippen LogP contribution is 2.28. The maximum atomic E-state index is 12.8. The van der Waals surface area contributed by atoms with E-state index in [2.05, 4.69) is 5.32 Å². The second kappa shape index (κ2) is 10.7. The van der Waals surface area contributed by atoms with Crippen LogP contribution in [0.3, 0.4) is 0 Å². The van der Waals surface area contributed by atoms with Gasteiger partial charge in [-0.15, -0.1) is 0 Å². The molecule has 0 aliphatic heterocycles.